The zero-order valence-electron chi connectivity index (χ0n) is 15.8. The number of ether oxygens (including phenoxy) is 1. The van der Waals surface area contributed by atoms with Gasteiger partial charge in [-0.15, -0.1) is 0 Å². The lowest BCUT2D eigenvalue weighted by atomic mass is 9.94. The van der Waals surface area contributed by atoms with Crippen LogP contribution in [0.4, 0.5) is 0 Å². The minimum Gasteiger partial charge on any atom is -0.381 e. The van der Waals surface area contributed by atoms with Gasteiger partial charge < -0.3 is 14.2 Å². The molecule has 1 atom stereocenters. The van der Waals surface area contributed by atoms with Crippen molar-refractivity contribution in [3.63, 3.8) is 0 Å². The standard InChI is InChI=1S/C19H27N5O3/c1-2-24-16(5-8-20-24)19(25)23-9-3-4-14(13-23)12-17-21-18(22-27-17)15-6-10-26-11-7-15/h5,8,14-15H,2-4,6-7,9-13H2,1H3. The van der Waals surface area contributed by atoms with E-state index in [9.17, 15) is 4.79 Å². The highest BCUT2D eigenvalue weighted by molar-refractivity contribution is 5.92. The molecule has 2 aromatic heterocycles. The van der Waals surface area contributed by atoms with E-state index in [1.807, 2.05) is 11.8 Å². The molecule has 0 aromatic carbocycles. The summed E-state index contributed by atoms with van der Waals surface area (Å²) in [4.78, 5) is 19.4. The van der Waals surface area contributed by atoms with E-state index in [-0.39, 0.29) is 5.91 Å². The van der Waals surface area contributed by atoms with Gasteiger partial charge in [-0.05, 0) is 44.6 Å². The fraction of sp³-hybridized carbons (Fsp3) is 0.684. The Labute approximate surface area is 158 Å². The summed E-state index contributed by atoms with van der Waals surface area (Å²) in [6.07, 6.45) is 6.40. The van der Waals surface area contributed by atoms with Crippen molar-refractivity contribution in [3.05, 3.63) is 29.7 Å². The molecule has 0 bridgehead atoms. The first-order valence-electron chi connectivity index (χ1n) is 9.96. The predicted molar refractivity (Wildman–Crippen MR) is 97.3 cm³/mol. The summed E-state index contributed by atoms with van der Waals surface area (Å²) in [5, 5.41) is 8.40. The smallest absolute Gasteiger partial charge is 0.272 e. The molecule has 0 radical (unpaired) electrons. The zero-order valence-corrected chi connectivity index (χ0v) is 15.8. The number of hydrogen-bond donors (Lipinski definition) is 0. The van der Waals surface area contributed by atoms with Gasteiger partial charge in [0.05, 0.1) is 0 Å². The van der Waals surface area contributed by atoms with Crippen molar-refractivity contribution in [2.24, 2.45) is 5.92 Å². The number of aromatic nitrogens is 4. The van der Waals surface area contributed by atoms with Crippen LogP contribution in [-0.2, 0) is 17.7 Å². The number of amides is 1. The van der Waals surface area contributed by atoms with Gasteiger partial charge >= 0.3 is 0 Å². The third kappa shape index (κ3) is 4.05. The van der Waals surface area contributed by atoms with Crippen LogP contribution in [0.5, 0.6) is 0 Å². The maximum absolute atomic E-state index is 12.9. The summed E-state index contributed by atoms with van der Waals surface area (Å²) in [6, 6.07) is 1.80. The Morgan fingerprint density at radius 2 is 2.15 bits per heavy atom. The number of nitrogens with zero attached hydrogens (tertiary/aromatic N) is 5. The van der Waals surface area contributed by atoms with Crippen LogP contribution in [0.3, 0.4) is 0 Å². The molecule has 146 valence electrons. The number of aryl methyl sites for hydroxylation is 1. The molecule has 0 saturated carbocycles. The molecule has 2 fully saturated rings. The Kier molecular flexibility index (Phi) is 5.52. The average Bonchev–Trinajstić information content (AvgIpc) is 3.37. The van der Waals surface area contributed by atoms with E-state index in [2.05, 4.69) is 15.2 Å². The molecule has 2 aliphatic heterocycles. The average molecular weight is 373 g/mol. The molecule has 2 saturated heterocycles. The van der Waals surface area contributed by atoms with Crippen molar-refractivity contribution < 1.29 is 14.1 Å². The topological polar surface area (TPSA) is 86.3 Å². The van der Waals surface area contributed by atoms with E-state index >= 15 is 0 Å². The van der Waals surface area contributed by atoms with E-state index in [0.717, 1.165) is 64.2 Å². The second kappa shape index (κ2) is 8.21. The van der Waals surface area contributed by atoms with Crippen LogP contribution in [0.15, 0.2) is 16.8 Å². The molecule has 8 nitrogen and oxygen atoms in total. The molecule has 2 aromatic rings. The normalized spacial score (nSPS) is 21.5. The van der Waals surface area contributed by atoms with Crippen molar-refractivity contribution in [2.45, 2.75) is 51.5 Å². The molecule has 1 amide bonds. The van der Waals surface area contributed by atoms with E-state index in [1.165, 1.54) is 0 Å². The van der Waals surface area contributed by atoms with E-state index in [1.54, 1.807) is 16.9 Å². The van der Waals surface area contributed by atoms with Gasteiger partial charge in [0.25, 0.3) is 5.91 Å². The molecular formula is C19H27N5O3. The van der Waals surface area contributed by atoms with Crippen LogP contribution in [0.25, 0.3) is 0 Å². The molecule has 0 aliphatic carbocycles. The van der Waals surface area contributed by atoms with Crippen molar-refractivity contribution >= 4 is 5.91 Å². The number of carbonyl (C=O) groups excluding carboxylic acids is 1. The number of rotatable bonds is 5. The Balaban J connectivity index is 1.37. The fourth-order valence-corrected chi connectivity index (χ4v) is 4.06. The first-order chi connectivity index (χ1) is 13.2. The highest BCUT2D eigenvalue weighted by Gasteiger charge is 2.28. The first-order valence-corrected chi connectivity index (χ1v) is 9.96. The monoisotopic (exact) mass is 373 g/mol. The summed E-state index contributed by atoms with van der Waals surface area (Å²) >= 11 is 0. The van der Waals surface area contributed by atoms with Crippen LogP contribution in [0.1, 0.15) is 60.7 Å². The second-order valence-electron chi connectivity index (χ2n) is 7.43. The Morgan fingerprint density at radius 1 is 1.30 bits per heavy atom. The first kappa shape index (κ1) is 18.2. The largest absolute Gasteiger partial charge is 0.381 e. The summed E-state index contributed by atoms with van der Waals surface area (Å²) in [7, 11) is 0. The van der Waals surface area contributed by atoms with Crippen molar-refractivity contribution in [3.8, 4) is 0 Å². The quantitative estimate of drug-likeness (QED) is 0.799. The lowest BCUT2D eigenvalue weighted by Gasteiger charge is -2.32. The van der Waals surface area contributed by atoms with Crippen LogP contribution in [-0.4, -0.2) is 57.0 Å². The Bertz CT molecular complexity index is 765. The van der Waals surface area contributed by atoms with E-state index < -0.39 is 0 Å². The van der Waals surface area contributed by atoms with Gasteiger partial charge in [0.15, 0.2) is 5.82 Å². The lowest BCUT2D eigenvalue weighted by molar-refractivity contribution is 0.0655. The van der Waals surface area contributed by atoms with Crippen molar-refractivity contribution in [2.75, 3.05) is 26.3 Å². The van der Waals surface area contributed by atoms with E-state index in [4.69, 9.17) is 9.26 Å². The molecule has 4 heterocycles. The third-order valence-corrected chi connectivity index (χ3v) is 5.57. The molecule has 8 heteroatoms. The van der Waals surface area contributed by atoms with E-state index in [0.29, 0.717) is 30.0 Å². The highest BCUT2D eigenvalue weighted by Crippen LogP contribution is 2.26. The van der Waals surface area contributed by atoms with Gasteiger partial charge in [-0.1, -0.05) is 5.16 Å². The maximum Gasteiger partial charge on any atom is 0.272 e. The molecule has 4 rings (SSSR count). The number of hydrogen-bond acceptors (Lipinski definition) is 6. The predicted octanol–water partition coefficient (Wildman–Crippen LogP) is 2.27. The molecule has 1 unspecified atom stereocenters. The SMILES string of the molecule is CCn1nccc1C(=O)N1CCCC(Cc2nc(C3CCOCC3)no2)C1. The van der Waals surface area contributed by atoms with Gasteiger partial charge in [0, 0.05) is 51.4 Å². The van der Waals surface area contributed by atoms with Gasteiger partial charge in [-0.25, -0.2) is 0 Å². The lowest BCUT2D eigenvalue weighted by Crippen LogP contribution is -2.41. The summed E-state index contributed by atoms with van der Waals surface area (Å²) in [5.74, 6) is 2.25. The summed E-state index contributed by atoms with van der Waals surface area (Å²) in [5.41, 5.74) is 0.665. The van der Waals surface area contributed by atoms with Gasteiger partial charge in [-0.3, -0.25) is 9.48 Å². The number of piperidine rings is 1. The molecule has 0 spiro atoms. The highest BCUT2D eigenvalue weighted by atomic mass is 16.5. The van der Waals surface area contributed by atoms with Crippen LogP contribution >= 0.6 is 0 Å². The van der Waals surface area contributed by atoms with Crippen LogP contribution in [0, 0.1) is 5.92 Å². The Morgan fingerprint density at radius 3 is 2.96 bits per heavy atom. The zero-order chi connectivity index (χ0) is 18.6. The van der Waals surface area contributed by atoms with Crippen LogP contribution < -0.4 is 0 Å². The van der Waals surface area contributed by atoms with Crippen LogP contribution in [0.2, 0.25) is 0 Å². The molecular weight excluding hydrogens is 346 g/mol. The van der Waals surface area contributed by atoms with Crippen molar-refractivity contribution in [1.82, 2.24) is 24.8 Å². The summed E-state index contributed by atoms with van der Waals surface area (Å²) in [6.45, 7) is 5.74. The van der Waals surface area contributed by atoms with Gasteiger partial charge in [0.1, 0.15) is 5.69 Å². The third-order valence-electron chi connectivity index (χ3n) is 5.57. The Hall–Kier alpha value is -2.22. The second-order valence-corrected chi connectivity index (χ2v) is 7.43. The van der Waals surface area contributed by atoms with Gasteiger partial charge in [-0.2, -0.15) is 10.1 Å². The summed E-state index contributed by atoms with van der Waals surface area (Å²) < 4.78 is 12.7. The maximum atomic E-state index is 12.9. The number of carbonyl (C=O) groups is 1. The van der Waals surface area contributed by atoms with Crippen molar-refractivity contribution in [1.29, 1.82) is 0 Å². The molecule has 2 aliphatic rings. The molecule has 27 heavy (non-hydrogen) atoms. The number of likely N-dealkylation sites (tertiary alicyclic amines) is 1. The minimum absolute atomic E-state index is 0.0625. The molecule has 0 N–H and O–H groups in total. The van der Waals surface area contributed by atoms with Gasteiger partial charge in [0.2, 0.25) is 5.89 Å². The minimum atomic E-state index is 0.0625. The fourth-order valence-electron chi connectivity index (χ4n) is 4.06.